The second-order valence-electron chi connectivity index (χ2n) is 6.74. The van der Waals surface area contributed by atoms with Gasteiger partial charge < -0.3 is 5.73 Å². The lowest BCUT2D eigenvalue weighted by Crippen LogP contribution is -1.86. The van der Waals surface area contributed by atoms with Gasteiger partial charge in [-0.25, -0.2) is 0 Å². The SMILES string of the molecule is C=CN.CCCCc1cccc(CC)c1.Cc1ccc2ccccc2c1C. The highest BCUT2D eigenvalue weighted by Gasteiger charge is 1.97. The van der Waals surface area contributed by atoms with Gasteiger partial charge in [0.2, 0.25) is 0 Å². The molecule has 0 heterocycles. The molecule has 2 N–H and O–H groups in total. The fourth-order valence-corrected chi connectivity index (χ4v) is 2.92. The van der Waals surface area contributed by atoms with Crippen molar-refractivity contribution in [2.45, 2.75) is 53.4 Å². The molecule has 1 nitrogen and oxygen atoms in total. The number of rotatable bonds is 4. The van der Waals surface area contributed by atoms with E-state index in [0.717, 1.165) is 6.42 Å². The third-order valence-corrected chi connectivity index (χ3v) is 4.69. The normalized spacial score (nSPS) is 9.63. The summed E-state index contributed by atoms with van der Waals surface area (Å²) in [6.07, 6.45) is 6.24. The average molecular weight is 362 g/mol. The molecule has 0 aliphatic carbocycles. The molecule has 0 saturated carbocycles. The first-order valence-corrected chi connectivity index (χ1v) is 9.92. The fourth-order valence-electron chi connectivity index (χ4n) is 2.92. The van der Waals surface area contributed by atoms with Gasteiger partial charge in [0, 0.05) is 0 Å². The Bertz CT molecular complexity index is 817. The second kappa shape index (κ2) is 12.8. The van der Waals surface area contributed by atoms with Crippen molar-refractivity contribution in [2.24, 2.45) is 5.73 Å². The topological polar surface area (TPSA) is 26.0 Å². The van der Waals surface area contributed by atoms with Gasteiger partial charge in [-0.05, 0) is 72.3 Å². The van der Waals surface area contributed by atoms with Gasteiger partial charge in [0.1, 0.15) is 0 Å². The summed E-state index contributed by atoms with van der Waals surface area (Å²) in [5, 5.41) is 2.71. The zero-order chi connectivity index (χ0) is 20.1. The Balaban J connectivity index is 0.000000236. The quantitative estimate of drug-likeness (QED) is 0.525. The van der Waals surface area contributed by atoms with Crippen molar-refractivity contribution in [3.8, 4) is 0 Å². The number of hydrogen-bond acceptors (Lipinski definition) is 1. The number of fused-ring (bicyclic) bond motifs is 1. The molecule has 0 aliphatic rings. The minimum atomic E-state index is 1.15. The van der Waals surface area contributed by atoms with Crippen LogP contribution >= 0.6 is 0 Å². The molecule has 3 rings (SSSR count). The van der Waals surface area contributed by atoms with Crippen molar-refractivity contribution in [1.29, 1.82) is 0 Å². The maximum atomic E-state index is 4.61. The highest BCUT2D eigenvalue weighted by molar-refractivity contribution is 5.86. The molecule has 0 atom stereocenters. The highest BCUT2D eigenvalue weighted by atomic mass is 14.5. The molecule has 0 amide bonds. The maximum absolute atomic E-state index is 4.61. The van der Waals surface area contributed by atoms with Crippen LogP contribution in [0.4, 0.5) is 0 Å². The Hall–Kier alpha value is -2.54. The lowest BCUT2D eigenvalue weighted by molar-refractivity contribution is 0.794. The Labute approximate surface area is 165 Å². The summed E-state index contributed by atoms with van der Waals surface area (Å²) in [6, 6.07) is 21.8. The maximum Gasteiger partial charge on any atom is -0.0136 e. The van der Waals surface area contributed by atoms with Gasteiger partial charge in [0.15, 0.2) is 0 Å². The predicted molar refractivity (Wildman–Crippen MR) is 122 cm³/mol. The van der Waals surface area contributed by atoms with Crippen LogP contribution in [-0.2, 0) is 12.8 Å². The molecule has 0 radical (unpaired) electrons. The van der Waals surface area contributed by atoms with Gasteiger partial charge in [-0.15, -0.1) is 0 Å². The van der Waals surface area contributed by atoms with Crippen LogP contribution in [-0.4, -0.2) is 0 Å². The summed E-state index contributed by atoms with van der Waals surface area (Å²) < 4.78 is 0. The molecule has 1 heteroatoms. The van der Waals surface area contributed by atoms with Crippen LogP contribution in [0.15, 0.2) is 73.4 Å². The number of hydrogen-bond donors (Lipinski definition) is 1. The molecule has 0 unspecified atom stereocenters. The first-order chi connectivity index (χ1) is 13.1. The molecule has 3 aromatic carbocycles. The fraction of sp³-hybridized carbons (Fsp3) is 0.308. The van der Waals surface area contributed by atoms with Crippen molar-refractivity contribution in [3.05, 3.63) is 95.7 Å². The van der Waals surface area contributed by atoms with Crippen LogP contribution in [0.25, 0.3) is 10.8 Å². The number of benzene rings is 3. The lowest BCUT2D eigenvalue weighted by Gasteiger charge is -2.04. The van der Waals surface area contributed by atoms with Crippen LogP contribution in [0.5, 0.6) is 0 Å². The van der Waals surface area contributed by atoms with Crippen molar-refractivity contribution in [3.63, 3.8) is 0 Å². The molecular formula is C26H35N. The van der Waals surface area contributed by atoms with Crippen LogP contribution in [0.3, 0.4) is 0 Å². The summed E-state index contributed by atoms with van der Waals surface area (Å²) in [5.41, 5.74) is 10.3. The van der Waals surface area contributed by atoms with Gasteiger partial charge in [-0.1, -0.05) is 87.5 Å². The van der Waals surface area contributed by atoms with Gasteiger partial charge >= 0.3 is 0 Å². The molecule has 0 spiro atoms. The van der Waals surface area contributed by atoms with Gasteiger partial charge in [0.05, 0.1) is 0 Å². The Morgan fingerprint density at radius 3 is 2.22 bits per heavy atom. The van der Waals surface area contributed by atoms with Crippen LogP contribution in [0.2, 0.25) is 0 Å². The molecular weight excluding hydrogens is 326 g/mol. The standard InChI is InChI=1S/C12H12.C12H18.C2H5N/c1-9-7-8-11-5-3-4-6-12(11)10(9)2;1-3-5-7-12-9-6-8-11(4-2)10-12;1-2-3/h3-8H,1-2H3;6,8-10H,3-5,7H2,1-2H3;2H,1,3H2. The van der Waals surface area contributed by atoms with E-state index in [1.54, 1.807) is 0 Å². The van der Waals surface area contributed by atoms with E-state index in [1.807, 2.05) is 0 Å². The van der Waals surface area contributed by atoms with E-state index in [9.17, 15) is 0 Å². The first kappa shape index (κ1) is 22.5. The van der Waals surface area contributed by atoms with E-state index in [-0.39, 0.29) is 0 Å². The second-order valence-corrected chi connectivity index (χ2v) is 6.74. The summed E-state index contributed by atoms with van der Waals surface area (Å²) in [4.78, 5) is 0. The van der Waals surface area contributed by atoms with Crippen LogP contribution in [0, 0.1) is 13.8 Å². The van der Waals surface area contributed by atoms with Crippen molar-refractivity contribution in [2.75, 3.05) is 0 Å². The van der Waals surface area contributed by atoms with Gasteiger partial charge in [-0.2, -0.15) is 0 Å². The van der Waals surface area contributed by atoms with Gasteiger partial charge in [0.25, 0.3) is 0 Å². The summed E-state index contributed by atoms with van der Waals surface area (Å²) in [5.74, 6) is 0. The summed E-state index contributed by atoms with van der Waals surface area (Å²) >= 11 is 0. The van der Waals surface area contributed by atoms with Crippen molar-refractivity contribution >= 4 is 10.8 Å². The van der Waals surface area contributed by atoms with E-state index >= 15 is 0 Å². The lowest BCUT2D eigenvalue weighted by atomic mass is 10.0. The molecule has 0 aromatic heterocycles. The average Bonchev–Trinajstić information content (AvgIpc) is 2.71. The summed E-state index contributed by atoms with van der Waals surface area (Å²) in [7, 11) is 0. The summed E-state index contributed by atoms with van der Waals surface area (Å²) in [6.45, 7) is 11.9. The third kappa shape index (κ3) is 7.70. The monoisotopic (exact) mass is 361 g/mol. The molecule has 0 bridgehead atoms. The van der Waals surface area contributed by atoms with E-state index < -0.39 is 0 Å². The third-order valence-electron chi connectivity index (χ3n) is 4.69. The van der Waals surface area contributed by atoms with Crippen LogP contribution in [0.1, 0.15) is 48.9 Å². The zero-order valence-electron chi connectivity index (χ0n) is 17.5. The van der Waals surface area contributed by atoms with E-state index in [0.29, 0.717) is 0 Å². The molecule has 3 aromatic rings. The smallest absolute Gasteiger partial charge is 0.0136 e. The predicted octanol–water partition coefficient (Wildman–Crippen LogP) is 7.14. The van der Waals surface area contributed by atoms with E-state index in [4.69, 9.17) is 0 Å². The first-order valence-electron chi connectivity index (χ1n) is 9.92. The molecule has 0 fully saturated rings. The van der Waals surface area contributed by atoms with Crippen molar-refractivity contribution in [1.82, 2.24) is 0 Å². The zero-order valence-corrected chi connectivity index (χ0v) is 17.5. The molecule has 0 aliphatic heterocycles. The van der Waals surface area contributed by atoms with Crippen LogP contribution < -0.4 is 5.73 Å². The Kier molecular flexibility index (Phi) is 10.6. The minimum Gasteiger partial charge on any atom is -0.405 e. The minimum absolute atomic E-state index is 1.15. The van der Waals surface area contributed by atoms with Crippen molar-refractivity contribution < 1.29 is 0 Å². The molecule has 27 heavy (non-hydrogen) atoms. The largest absolute Gasteiger partial charge is 0.405 e. The highest BCUT2D eigenvalue weighted by Crippen LogP contribution is 2.20. The Morgan fingerprint density at radius 1 is 0.889 bits per heavy atom. The van der Waals surface area contributed by atoms with E-state index in [1.165, 1.54) is 58.5 Å². The molecule has 0 saturated heterocycles. The number of aryl methyl sites for hydroxylation is 4. The number of unbranched alkanes of at least 4 members (excludes halogenated alkanes) is 1. The molecule has 144 valence electrons. The Morgan fingerprint density at radius 2 is 1.56 bits per heavy atom. The number of nitrogens with two attached hydrogens (primary N) is 1. The van der Waals surface area contributed by atoms with Gasteiger partial charge in [-0.3, -0.25) is 0 Å². The van der Waals surface area contributed by atoms with E-state index in [2.05, 4.69) is 101 Å².